The van der Waals surface area contributed by atoms with Crippen LogP contribution in [0.2, 0.25) is 5.02 Å². The highest BCUT2D eigenvalue weighted by molar-refractivity contribution is 6.33. The van der Waals surface area contributed by atoms with Gasteiger partial charge in [0.15, 0.2) is 0 Å². The number of rotatable bonds is 5. The molecular weight excluding hydrogens is 290 g/mol. The van der Waals surface area contributed by atoms with Gasteiger partial charge in [0.1, 0.15) is 6.61 Å². The van der Waals surface area contributed by atoms with Gasteiger partial charge in [-0.1, -0.05) is 18.5 Å². The molecule has 0 spiro atoms. The second kappa shape index (κ2) is 6.63. The maximum absolute atomic E-state index is 12.0. The van der Waals surface area contributed by atoms with Crippen LogP contribution < -0.4 is 5.73 Å². The fourth-order valence-electron chi connectivity index (χ4n) is 1.95. The van der Waals surface area contributed by atoms with E-state index in [1.165, 1.54) is 6.07 Å². The van der Waals surface area contributed by atoms with Gasteiger partial charge < -0.3 is 10.5 Å². The Balaban J connectivity index is 2.06. The Morgan fingerprint density at radius 1 is 1.38 bits per heavy atom. The molecule has 2 aromatic rings. The number of benzene rings is 1. The first-order valence-corrected chi connectivity index (χ1v) is 7.20. The van der Waals surface area contributed by atoms with Crippen LogP contribution in [0, 0.1) is 0 Å². The Bertz CT molecular complexity index is 652. The van der Waals surface area contributed by atoms with Crippen molar-refractivity contribution in [2.24, 2.45) is 0 Å². The third-order valence-corrected chi connectivity index (χ3v) is 3.49. The number of nitrogens with two attached hydrogens (primary N) is 1. The maximum Gasteiger partial charge on any atom is 0.338 e. The van der Waals surface area contributed by atoms with Crippen LogP contribution in [0.4, 0.5) is 5.69 Å². The van der Waals surface area contributed by atoms with E-state index in [0.717, 1.165) is 24.4 Å². The summed E-state index contributed by atoms with van der Waals surface area (Å²) >= 11 is 5.90. The Hall–Kier alpha value is -2.01. The van der Waals surface area contributed by atoms with Crippen LogP contribution >= 0.6 is 11.6 Å². The van der Waals surface area contributed by atoms with Crippen molar-refractivity contribution < 1.29 is 9.53 Å². The number of hydrogen-bond donors (Lipinski definition) is 1. The predicted octanol–water partition coefficient (Wildman–Crippen LogP) is 3.06. The highest BCUT2D eigenvalue weighted by Crippen LogP contribution is 2.20. The molecule has 0 amide bonds. The number of nitrogens with zero attached hydrogens (tertiary/aromatic N) is 2. The number of ether oxygens (including phenoxy) is 1. The number of hydrogen-bond acceptors (Lipinski definition) is 4. The molecule has 0 fully saturated rings. The van der Waals surface area contributed by atoms with Gasteiger partial charge in [-0.15, -0.1) is 0 Å². The van der Waals surface area contributed by atoms with Gasteiger partial charge in [0.25, 0.3) is 0 Å². The molecule has 112 valence electrons. The third kappa shape index (κ3) is 3.55. The number of aryl methyl sites for hydroxylation is 2. The highest BCUT2D eigenvalue weighted by atomic mass is 35.5. The number of aromatic nitrogens is 2. The number of anilines is 1. The number of carbonyl (C=O) groups is 1. The molecular formula is C15H18ClN3O2. The molecule has 1 aromatic heterocycles. The molecule has 2 rings (SSSR count). The average Bonchev–Trinajstić information content (AvgIpc) is 2.90. The molecule has 5 nitrogen and oxygen atoms in total. The lowest BCUT2D eigenvalue weighted by Gasteiger charge is -2.07. The van der Waals surface area contributed by atoms with Gasteiger partial charge in [-0.2, -0.15) is 5.10 Å². The first-order valence-electron chi connectivity index (χ1n) is 6.82. The zero-order valence-electron chi connectivity index (χ0n) is 12.1. The van der Waals surface area contributed by atoms with Crippen molar-refractivity contribution in [1.29, 1.82) is 0 Å². The number of carbonyl (C=O) groups excluding carboxylic acids is 1. The van der Waals surface area contributed by atoms with Gasteiger partial charge in [0.2, 0.25) is 0 Å². The molecule has 1 aromatic carbocycles. The summed E-state index contributed by atoms with van der Waals surface area (Å²) in [5.74, 6) is -0.432. The lowest BCUT2D eigenvalue weighted by molar-refractivity contribution is 0.0462. The Kier molecular flexibility index (Phi) is 4.85. The van der Waals surface area contributed by atoms with E-state index < -0.39 is 5.97 Å². The number of halogens is 1. The first kappa shape index (κ1) is 15.4. The lowest BCUT2D eigenvalue weighted by Crippen LogP contribution is -2.09. The Morgan fingerprint density at radius 2 is 2.14 bits per heavy atom. The molecule has 0 radical (unpaired) electrons. The van der Waals surface area contributed by atoms with Crippen LogP contribution in [0.1, 0.15) is 35.6 Å². The van der Waals surface area contributed by atoms with Crippen LogP contribution in [0.15, 0.2) is 24.3 Å². The maximum atomic E-state index is 12.0. The van der Waals surface area contributed by atoms with Crippen molar-refractivity contribution in [2.75, 3.05) is 5.73 Å². The van der Waals surface area contributed by atoms with Crippen LogP contribution in [0.25, 0.3) is 0 Å². The van der Waals surface area contributed by atoms with Gasteiger partial charge in [0.05, 0.1) is 27.7 Å². The van der Waals surface area contributed by atoms with Crippen LogP contribution in [-0.2, 0) is 24.3 Å². The molecule has 0 aliphatic carbocycles. The Labute approximate surface area is 128 Å². The molecule has 0 atom stereocenters. The minimum absolute atomic E-state index is 0.182. The molecule has 0 saturated heterocycles. The van der Waals surface area contributed by atoms with E-state index in [9.17, 15) is 4.79 Å². The average molecular weight is 308 g/mol. The first-order chi connectivity index (χ1) is 10.0. The summed E-state index contributed by atoms with van der Waals surface area (Å²) in [7, 11) is 0. The minimum atomic E-state index is -0.432. The summed E-state index contributed by atoms with van der Waals surface area (Å²) in [4.78, 5) is 12.0. The van der Waals surface area contributed by atoms with Crippen molar-refractivity contribution in [2.45, 2.75) is 33.4 Å². The highest BCUT2D eigenvalue weighted by Gasteiger charge is 2.12. The summed E-state index contributed by atoms with van der Waals surface area (Å²) in [6, 6.07) is 6.64. The molecule has 0 saturated carbocycles. The van der Waals surface area contributed by atoms with E-state index in [0.29, 0.717) is 16.3 Å². The van der Waals surface area contributed by atoms with Gasteiger partial charge in [-0.25, -0.2) is 4.79 Å². The predicted molar refractivity (Wildman–Crippen MR) is 82.3 cm³/mol. The van der Waals surface area contributed by atoms with Gasteiger partial charge in [0, 0.05) is 6.54 Å². The van der Waals surface area contributed by atoms with Gasteiger partial charge in [-0.05, 0) is 37.6 Å². The largest absolute Gasteiger partial charge is 0.456 e. The second-order valence-electron chi connectivity index (χ2n) is 4.61. The monoisotopic (exact) mass is 307 g/mol. The van der Waals surface area contributed by atoms with Crippen molar-refractivity contribution in [3.63, 3.8) is 0 Å². The minimum Gasteiger partial charge on any atom is -0.456 e. The molecule has 6 heteroatoms. The fourth-order valence-corrected chi connectivity index (χ4v) is 2.14. The van der Waals surface area contributed by atoms with Crippen LogP contribution in [0.3, 0.4) is 0 Å². The summed E-state index contributed by atoms with van der Waals surface area (Å²) < 4.78 is 7.15. The van der Waals surface area contributed by atoms with Crippen molar-refractivity contribution in [3.8, 4) is 0 Å². The zero-order valence-corrected chi connectivity index (χ0v) is 12.9. The standard InChI is InChI=1S/C15H18ClN3O2/c1-3-11-8-12(19(4-2)18-11)9-21-15(20)10-5-6-14(17)13(16)7-10/h5-8H,3-4,9,17H2,1-2H3. The number of esters is 1. The SMILES string of the molecule is CCc1cc(COC(=O)c2ccc(N)c(Cl)c2)n(CC)n1. The normalized spacial score (nSPS) is 10.6. The summed E-state index contributed by atoms with van der Waals surface area (Å²) in [5, 5.41) is 4.76. The molecule has 0 bridgehead atoms. The van der Waals surface area contributed by atoms with Crippen molar-refractivity contribution >= 4 is 23.3 Å². The summed E-state index contributed by atoms with van der Waals surface area (Å²) in [6.07, 6.45) is 0.849. The lowest BCUT2D eigenvalue weighted by atomic mass is 10.2. The summed E-state index contributed by atoms with van der Waals surface area (Å²) in [5.41, 5.74) is 8.29. The molecule has 0 unspecified atom stereocenters. The van der Waals surface area contributed by atoms with Crippen LogP contribution in [0.5, 0.6) is 0 Å². The summed E-state index contributed by atoms with van der Waals surface area (Å²) in [6.45, 7) is 4.95. The van der Waals surface area contributed by atoms with E-state index in [1.54, 1.807) is 12.1 Å². The topological polar surface area (TPSA) is 70.1 Å². The van der Waals surface area contributed by atoms with E-state index in [2.05, 4.69) is 5.10 Å². The molecule has 2 N–H and O–H groups in total. The van der Waals surface area contributed by atoms with Crippen molar-refractivity contribution in [3.05, 3.63) is 46.2 Å². The van der Waals surface area contributed by atoms with Crippen molar-refractivity contribution in [1.82, 2.24) is 9.78 Å². The van der Waals surface area contributed by atoms with Gasteiger partial charge >= 0.3 is 5.97 Å². The molecule has 0 aliphatic heterocycles. The number of nitrogen functional groups attached to an aromatic ring is 1. The third-order valence-electron chi connectivity index (χ3n) is 3.16. The van der Waals surface area contributed by atoms with Crippen LogP contribution in [-0.4, -0.2) is 15.7 Å². The van der Waals surface area contributed by atoms with E-state index in [1.807, 2.05) is 24.6 Å². The fraction of sp³-hybridized carbons (Fsp3) is 0.333. The van der Waals surface area contributed by atoms with Gasteiger partial charge in [-0.3, -0.25) is 4.68 Å². The zero-order chi connectivity index (χ0) is 15.4. The molecule has 21 heavy (non-hydrogen) atoms. The quantitative estimate of drug-likeness (QED) is 0.681. The molecule has 0 aliphatic rings. The van der Waals surface area contributed by atoms with E-state index in [-0.39, 0.29) is 6.61 Å². The smallest absolute Gasteiger partial charge is 0.338 e. The van der Waals surface area contributed by atoms with E-state index in [4.69, 9.17) is 22.1 Å². The Morgan fingerprint density at radius 3 is 2.76 bits per heavy atom. The second-order valence-corrected chi connectivity index (χ2v) is 5.02. The van der Waals surface area contributed by atoms with E-state index >= 15 is 0 Å². The molecule has 1 heterocycles.